The van der Waals surface area contributed by atoms with Gasteiger partial charge in [0.2, 0.25) is 5.95 Å². The quantitative estimate of drug-likeness (QED) is 0.361. The van der Waals surface area contributed by atoms with Crippen molar-refractivity contribution in [3.05, 3.63) is 96.8 Å². The first kappa shape index (κ1) is 16.9. The lowest BCUT2D eigenvalue weighted by atomic mass is 10.0. The highest BCUT2D eigenvalue weighted by atomic mass is 15.2. The van der Waals surface area contributed by atoms with E-state index in [1.807, 2.05) is 37.3 Å². The zero-order chi connectivity index (χ0) is 20.1. The van der Waals surface area contributed by atoms with Gasteiger partial charge in [-0.05, 0) is 29.8 Å². The van der Waals surface area contributed by atoms with Gasteiger partial charge in [-0.2, -0.15) is 9.97 Å². The van der Waals surface area contributed by atoms with Crippen LogP contribution < -0.4 is 0 Å². The van der Waals surface area contributed by atoms with E-state index in [2.05, 4.69) is 70.2 Å². The number of hydrogen-bond acceptors (Lipinski definition) is 3. The van der Waals surface area contributed by atoms with Gasteiger partial charge in [-0.15, -0.1) is 0 Å². The van der Waals surface area contributed by atoms with Crippen LogP contribution in [0.5, 0.6) is 0 Å². The van der Waals surface area contributed by atoms with Crippen LogP contribution >= 0.6 is 0 Å². The summed E-state index contributed by atoms with van der Waals surface area (Å²) < 4.78 is 2.15. The molecule has 142 valence electrons. The molecule has 6 rings (SSSR count). The van der Waals surface area contributed by atoms with Crippen molar-refractivity contribution in [3.8, 4) is 17.3 Å². The summed E-state index contributed by atoms with van der Waals surface area (Å²) in [6.07, 6.45) is 0. The summed E-state index contributed by atoms with van der Waals surface area (Å²) in [6, 6.07) is 31.3. The van der Waals surface area contributed by atoms with Crippen LogP contribution in [-0.4, -0.2) is 19.5 Å². The van der Waals surface area contributed by atoms with Crippen LogP contribution in [0.15, 0.2) is 91.0 Å². The highest BCUT2D eigenvalue weighted by Gasteiger charge is 2.17. The second-order valence-corrected chi connectivity index (χ2v) is 7.41. The molecule has 0 aliphatic heterocycles. The standard InChI is InChI=1S/C26H18N4/c1-17-27-25(19-10-3-2-4-11-19)29-26(28-17)30-22-14-8-7-13-21(22)24-20-12-6-5-9-18(20)15-16-23(24)30/h2-16H,1H3. The topological polar surface area (TPSA) is 43.6 Å². The van der Waals surface area contributed by atoms with Crippen molar-refractivity contribution in [2.45, 2.75) is 6.92 Å². The highest BCUT2D eigenvalue weighted by molar-refractivity contribution is 6.21. The molecular weight excluding hydrogens is 368 g/mol. The van der Waals surface area contributed by atoms with E-state index in [9.17, 15) is 0 Å². The molecule has 0 fully saturated rings. The Morgan fingerprint density at radius 2 is 1.33 bits per heavy atom. The fourth-order valence-corrected chi connectivity index (χ4v) is 4.24. The Bertz CT molecular complexity index is 1550. The SMILES string of the molecule is Cc1nc(-c2ccccc2)nc(-n2c3ccccc3c3c4ccccc4ccc32)n1. The van der Waals surface area contributed by atoms with Crippen molar-refractivity contribution in [1.82, 2.24) is 19.5 Å². The third-order valence-corrected chi connectivity index (χ3v) is 5.53. The summed E-state index contributed by atoms with van der Waals surface area (Å²) in [7, 11) is 0. The number of rotatable bonds is 2. The normalized spacial score (nSPS) is 11.5. The van der Waals surface area contributed by atoms with Gasteiger partial charge in [0.05, 0.1) is 11.0 Å². The Kier molecular flexibility index (Phi) is 3.65. The maximum Gasteiger partial charge on any atom is 0.238 e. The van der Waals surface area contributed by atoms with E-state index in [-0.39, 0.29) is 0 Å². The van der Waals surface area contributed by atoms with Gasteiger partial charge in [0.1, 0.15) is 5.82 Å². The van der Waals surface area contributed by atoms with Crippen molar-refractivity contribution >= 4 is 32.6 Å². The maximum atomic E-state index is 4.87. The molecule has 0 spiro atoms. The van der Waals surface area contributed by atoms with Crippen LogP contribution in [0.2, 0.25) is 0 Å². The number of nitrogens with zero attached hydrogens (tertiary/aromatic N) is 4. The molecule has 4 aromatic carbocycles. The predicted octanol–water partition coefficient (Wildman–Crippen LogP) is 6.10. The van der Waals surface area contributed by atoms with E-state index in [1.54, 1.807) is 0 Å². The number of fused-ring (bicyclic) bond motifs is 5. The Morgan fingerprint density at radius 1 is 0.600 bits per heavy atom. The Labute approximate surface area is 173 Å². The van der Waals surface area contributed by atoms with Crippen LogP contribution in [-0.2, 0) is 0 Å². The average molecular weight is 386 g/mol. The average Bonchev–Trinajstić information content (AvgIpc) is 3.14. The molecule has 0 amide bonds. The zero-order valence-electron chi connectivity index (χ0n) is 16.4. The third-order valence-electron chi connectivity index (χ3n) is 5.53. The smallest absolute Gasteiger partial charge is 0.238 e. The molecule has 0 N–H and O–H groups in total. The fraction of sp³-hybridized carbons (Fsp3) is 0.0385. The van der Waals surface area contributed by atoms with Crippen LogP contribution in [0.25, 0.3) is 49.9 Å². The lowest BCUT2D eigenvalue weighted by Crippen LogP contribution is -2.06. The van der Waals surface area contributed by atoms with E-state index in [0.717, 1.165) is 16.6 Å². The van der Waals surface area contributed by atoms with Crippen LogP contribution in [0, 0.1) is 6.92 Å². The van der Waals surface area contributed by atoms with Gasteiger partial charge in [-0.1, -0.05) is 78.9 Å². The molecule has 0 unspecified atom stereocenters. The minimum absolute atomic E-state index is 0.642. The summed E-state index contributed by atoms with van der Waals surface area (Å²) in [5.41, 5.74) is 3.17. The largest absolute Gasteiger partial charge is 0.278 e. The molecule has 2 heterocycles. The number of benzene rings is 4. The van der Waals surface area contributed by atoms with E-state index in [1.165, 1.54) is 21.5 Å². The molecular formula is C26H18N4. The van der Waals surface area contributed by atoms with Gasteiger partial charge in [0, 0.05) is 16.3 Å². The minimum atomic E-state index is 0.642. The molecule has 0 saturated heterocycles. The van der Waals surface area contributed by atoms with Crippen molar-refractivity contribution in [2.24, 2.45) is 0 Å². The van der Waals surface area contributed by atoms with Gasteiger partial charge < -0.3 is 0 Å². The first-order chi connectivity index (χ1) is 14.8. The lowest BCUT2D eigenvalue weighted by molar-refractivity contribution is 0.907. The fourth-order valence-electron chi connectivity index (χ4n) is 4.24. The number of aromatic nitrogens is 4. The molecule has 6 aromatic rings. The number of hydrogen-bond donors (Lipinski definition) is 0. The van der Waals surface area contributed by atoms with Crippen molar-refractivity contribution in [1.29, 1.82) is 0 Å². The Hall–Kier alpha value is -4.05. The molecule has 2 aromatic heterocycles. The van der Waals surface area contributed by atoms with Crippen LogP contribution in [0.4, 0.5) is 0 Å². The second-order valence-electron chi connectivity index (χ2n) is 7.41. The molecule has 4 heteroatoms. The molecule has 0 atom stereocenters. The maximum absolute atomic E-state index is 4.87. The van der Waals surface area contributed by atoms with Gasteiger partial charge in [-0.3, -0.25) is 4.57 Å². The second kappa shape index (κ2) is 6.49. The van der Waals surface area contributed by atoms with Crippen molar-refractivity contribution in [2.75, 3.05) is 0 Å². The number of aryl methyl sites for hydroxylation is 1. The van der Waals surface area contributed by atoms with Crippen molar-refractivity contribution < 1.29 is 0 Å². The van der Waals surface area contributed by atoms with Crippen LogP contribution in [0.1, 0.15) is 5.82 Å². The summed E-state index contributed by atoms with van der Waals surface area (Å²) in [5.74, 6) is 2.03. The van der Waals surface area contributed by atoms with E-state index in [0.29, 0.717) is 17.6 Å². The molecule has 0 bridgehead atoms. The summed E-state index contributed by atoms with van der Waals surface area (Å²) in [4.78, 5) is 14.2. The first-order valence-electron chi connectivity index (χ1n) is 9.99. The predicted molar refractivity (Wildman–Crippen MR) is 122 cm³/mol. The van der Waals surface area contributed by atoms with E-state index in [4.69, 9.17) is 9.97 Å². The van der Waals surface area contributed by atoms with Crippen LogP contribution in [0.3, 0.4) is 0 Å². The Balaban J connectivity index is 1.73. The summed E-state index contributed by atoms with van der Waals surface area (Å²) in [6.45, 7) is 1.92. The lowest BCUT2D eigenvalue weighted by Gasteiger charge is -2.09. The molecule has 0 aliphatic carbocycles. The Morgan fingerprint density at radius 3 is 2.20 bits per heavy atom. The third kappa shape index (κ3) is 2.51. The minimum Gasteiger partial charge on any atom is -0.278 e. The molecule has 30 heavy (non-hydrogen) atoms. The summed E-state index contributed by atoms with van der Waals surface area (Å²) in [5, 5.41) is 4.88. The van der Waals surface area contributed by atoms with Gasteiger partial charge in [0.25, 0.3) is 0 Å². The van der Waals surface area contributed by atoms with Gasteiger partial charge in [0.15, 0.2) is 5.82 Å². The molecule has 0 saturated carbocycles. The molecule has 0 radical (unpaired) electrons. The molecule has 4 nitrogen and oxygen atoms in total. The van der Waals surface area contributed by atoms with Crippen molar-refractivity contribution in [3.63, 3.8) is 0 Å². The van der Waals surface area contributed by atoms with Gasteiger partial charge >= 0.3 is 0 Å². The number of para-hydroxylation sites is 1. The summed E-state index contributed by atoms with van der Waals surface area (Å²) >= 11 is 0. The zero-order valence-corrected chi connectivity index (χ0v) is 16.4. The highest BCUT2D eigenvalue weighted by Crippen LogP contribution is 2.36. The first-order valence-corrected chi connectivity index (χ1v) is 9.99. The van der Waals surface area contributed by atoms with E-state index < -0.39 is 0 Å². The molecule has 0 aliphatic rings. The van der Waals surface area contributed by atoms with Gasteiger partial charge in [-0.25, -0.2) is 4.98 Å². The van der Waals surface area contributed by atoms with E-state index >= 15 is 0 Å². The monoisotopic (exact) mass is 386 g/mol.